The minimum Gasteiger partial charge on any atom is -0.244 e. The van der Waals surface area contributed by atoms with Gasteiger partial charge in [0.1, 0.15) is 0 Å². The molecule has 0 amide bonds. The van der Waals surface area contributed by atoms with Gasteiger partial charge < -0.3 is 0 Å². The predicted octanol–water partition coefficient (Wildman–Crippen LogP) is 5.60. The van der Waals surface area contributed by atoms with Crippen LogP contribution in [0.3, 0.4) is 0 Å². The molecule has 0 fully saturated rings. The van der Waals surface area contributed by atoms with Gasteiger partial charge in [-0.15, -0.1) is 17.0 Å². The van der Waals surface area contributed by atoms with Crippen LogP contribution in [0.1, 0.15) is 0 Å². The highest BCUT2D eigenvalue weighted by atomic mass is 79.9. The third-order valence-corrected chi connectivity index (χ3v) is 3.66. The highest BCUT2D eigenvalue weighted by molar-refractivity contribution is 8.93. The quantitative estimate of drug-likeness (QED) is 0.412. The summed E-state index contributed by atoms with van der Waals surface area (Å²) < 4.78 is 0. The summed E-state index contributed by atoms with van der Waals surface area (Å²) in [5.41, 5.74) is 5.84. The second kappa shape index (κ2) is 8.14. The maximum absolute atomic E-state index is 4.86. The molecule has 4 rings (SSSR count). The summed E-state index contributed by atoms with van der Waals surface area (Å²) in [6, 6.07) is 28.4. The van der Waals surface area contributed by atoms with Crippen molar-refractivity contribution in [2.75, 3.05) is 0 Å². The zero-order valence-electron chi connectivity index (χ0n) is 13.1. The number of hydrogen-bond donors (Lipinski definition) is 0. The van der Waals surface area contributed by atoms with Crippen LogP contribution >= 0.6 is 26.9 Å². The summed E-state index contributed by atoms with van der Waals surface area (Å²) in [6.45, 7) is 0. The second-order valence-corrected chi connectivity index (χ2v) is 5.14. The first kappa shape index (κ1) is 18.3. The molecule has 0 bridgehead atoms. The van der Waals surface area contributed by atoms with Gasteiger partial charge in [-0.1, -0.05) is 72.8 Å². The first-order valence-corrected chi connectivity index (χ1v) is 7.29. The zero-order chi connectivity index (χ0) is 14.8. The van der Waals surface area contributed by atoms with E-state index in [0.29, 0.717) is 0 Å². The van der Waals surface area contributed by atoms with E-state index in [9.17, 15) is 0 Å². The van der Waals surface area contributed by atoms with Crippen molar-refractivity contribution in [3.63, 3.8) is 0 Å². The average Bonchev–Trinajstić information content (AvgIpc) is 2.62. The van der Waals surface area contributed by atoms with Crippen LogP contribution < -0.4 is 0 Å². The fourth-order valence-corrected chi connectivity index (χ4v) is 2.59. The van der Waals surface area contributed by atoms with Crippen LogP contribution in [-0.4, -0.2) is 9.97 Å². The van der Waals surface area contributed by atoms with E-state index in [-0.39, 0.29) is 26.9 Å². The van der Waals surface area contributed by atoms with E-state index < -0.39 is 0 Å². The molecule has 4 aromatic rings. The van der Waals surface area contributed by atoms with Gasteiger partial charge in [0.05, 0.1) is 22.4 Å². The van der Waals surface area contributed by atoms with E-state index in [1.54, 1.807) is 0 Å². The normalized spacial score (nSPS) is 9.83. The fraction of sp³-hybridized carbons (Fsp3) is 0. The number of fused-ring (bicyclic) bond motifs is 1. The Balaban J connectivity index is 0.00000104. The number of halogens is 1. The molecule has 1 unspecified atom stereocenters. The predicted molar refractivity (Wildman–Crippen MR) is 112 cm³/mol. The smallest absolute Gasteiger partial charge is 0.0973 e. The van der Waals surface area contributed by atoms with E-state index in [1.165, 1.54) is 0 Å². The summed E-state index contributed by atoms with van der Waals surface area (Å²) in [5, 5.41) is 0. The summed E-state index contributed by atoms with van der Waals surface area (Å²) in [4.78, 5) is 9.72. The zero-order valence-corrected chi connectivity index (χ0v) is 16.2. The van der Waals surface area contributed by atoms with Crippen molar-refractivity contribution < 1.29 is 0 Å². The molecule has 0 saturated heterocycles. The minimum absolute atomic E-state index is 0. The third kappa shape index (κ3) is 3.53. The molecular weight excluding hydrogens is 379 g/mol. The molecule has 120 valence electrons. The Morgan fingerprint density at radius 1 is 0.458 bits per heavy atom. The Morgan fingerprint density at radius 2 is 0.792 bits per heavy atom. The van der Waals surface area contributed by atoms with Gasteiger partial charge in [0.25, 0.3) is 0 Å². The van der Waals surface area contributed by atoms with Gasteiger partial charge in [0, 0.05) is 11.1 Å². The van der Waals surface area contributed by atoms with Gasteiger partial charge in [-0.25, -0.2) is 9.97 Å². The van der Waals surface area contributed by atoms with E-state index in [2.05, 4.69) is 24.3 Å². The Morgan fingerprint density at radius 3 is 1.17 bits per heavy atom. The van der Waals surface area contributed by atoms with E-state index >= 15 is 0 Å². The lowest BCUT2D eigenvalue weighted by Crippen LogP contribution is -1.95. The van der Waals surface area contributed by atoms with Crippen LogP contribution in [0.4, 0.5) is 0 Å². The average molecular weight is 397 g/mol. The topological polar surface area (TPSA) is 25.8 Å². The molecule has 24 heavy (non-hydrogen) atoms. The van der Waals surface area contributed by atoms with Crippen molar-refractivity contribution in [1.82, 2.24) is 9.97 Å². The Hall–Kier alpha value is -2.09. The fourth-order valence-electron chi connectivity index (χ4n) is 2.59. The van der Waals surface area contributed by atoms with Gasteiger partial charge in [0.15, 0.2) is 0 Å². The van der Waals surface area contributed by atoms with Crippen molar-refractivity contribution in [3.8, 4) is 22.5 Å². The lowest BCUT2D eigenvalue weighted by molar-refractivity contribution is 1.29. The maximum Gasteiger partial charge on any atom is 0.0973 e. The number of aromatic nitrogens is 2. The first-order valence-electron chi connectivity index (χ1n) is 7.29. The van der Waals surface area contributed by atoms with Crippen molar-refractivity contribution >= 4 is 37.9 Å². The van der Waals surface area contributed by atoms with Crippen LogP contribution in [0.5, 0.6) is 0 Å². The molecule has 1 atom stereocenters. The molecule has 1 aromatic heterocycles. The minimum atomic E-state index is 0. The number of para-hydroxylation sites is 2. The molecule has 0 saturated carbocycles. The lowest BCUT2D eigenvalue weighted by atomic mass is 10.0. The molecular formula is C20H18BrN2P. The van der Waals surface area contributed by atoms with Crippen LogP contribution in [0.15, 0.2) is 84.9 Å². The SMILES string of the molecule is Br.P.c1ccc(-c2nc3ccccc3nc2-c2ccccc2)cc1. The molecule has 2 nitrogen and oxygen atoms in total. The van der Waals surface area contributed by atoms with E-state index in [4.69, 9.17) is 9.97 Å². The summed E-state index contributed by atoms with van der Waals surface area (Å²) >= 11 is 0. The van der Waals surface area contributed by atoms with Crippen molar-refractivity contribution in [2.45, 2.75) is 0 Å². The number of nitrogens with zero attached hydrogens (tertiary/aromatic N) is 2. The highest BCUT2D eigenvalue weighted by Crippen LogP contribution is 2.30. The lowest BCUT2D eigenvalue weighted by Gasteiger charge is -2.10. The molecule has 3 aromatic carbocycles. The third-order valence-electron chi connectivity index (χ3n) is 3.66. The Bertz CT molecular complexity index is 850. The van der Waals surface area contributed by atoms with Gasteiger partial charge in [-0.05, 0) is 12.1 Å². The first-order chi connectivity index (χ1) is 10.9. The number of benzene rings is 3. The maximum atomic E-state index is 4.86. The molecule has 0 aliphatic heterocycles. The summed E-state index contributed by atoms with van der Waals surface area (Å²) in [6.07, 6.45) is 0. The monoisotopic (exact) mass is 396 g/mol. The molecule has 1 heterocycles. The van der Waals surface area contributed by atoms with Crippen LogP contribution in [0.2, 0.25) is 0 Å². The summed E-state index contributed by atoms with van der Waals surface area (Å²) in [7, 11) is 0. The summed E-state index contributed by atoms with van der Waals surface area (Å²) in [5.74, 6) is 0. The van der Waals surface area contributed by atoms with Crippen molar-refractivity contribution in [3.05, 3.63) is 84.9 Å². The molecule has 0 radical (unpaired) electrons. The Kier molecular flexibility index (Phi) is 6.19. The molecule has 0 aliphatic rings. The van der Waals surface area contributed by atoms with E-state index in [0.717, 1.165) is 33.5 Å². The molecule has 4 heteroatoms. The number of hydrogen-bond acceptors (Lipinski definition) is 2. The largest absolute Gasteiger partial charge is 0.244 e. The second-order valence-electron chi connectivity index (χ2n) is 5.14. The molecule has 0 N–H and O–H groups in total. The Labute approximate surface area is 155 Å². The standard InChI is InChI=1S/C20H14N2.BrH.H3P/c1-3-9-15(10-4-1)19-20(16-11-5-2-6-12-16)22-18-14-8-7-13-17(18)21-19;;/h1-14H;1H;1H3. The van der Waals surface area contributed by atoms with Crippen LogP contribution in [-0.2, 0) is 0 Å². The van der Waals surface area contributed by atoms with Crippen LogP contribution in [0, 0.1) is 0 Å². The molecule has 0 aliphatic carbocycles. The van der Waals surface area contributed by atoms with E-state index in [1.807, 2.05) is 60.7 Å². The van der Waals surface area contributed by atoms with Gasteiger partial charge in [-0.2, -0.15) is 9.90 Å². The van der Waals surface area contributed by atoms with Crippen molar-refractivity contribution in [1.29, 1.82) is 0 Å². The van der Waals surface area contributed by atoms with Crippen LogP contribution in [0.25, 0.3) is 33.5 Å². The number of rotatable bonds is 2. The highest BCUT2D eigenvalue weighted by Gasteiger charge is 2.12. The van der Waals surface area contributed by atoms with Gasteiger partial charge in [-0.3, -0.25) is 0 Å². The van der Waals surface area contributed by atoms with Gasteiger partial charge >= 0.3 is 0 Å². The van der Waals surface area contributed by atoms with Crippen molar-refractivity contribution in [2.24, 2.45) is 0 Å². The van der Waals surface area contributed by atoms with Gasteiger partial charge in [0.2, 0.25) is 0 Å². The molecule has 0 spiro atoms.